The fourth-order valence-corrected chi connectivity index (χ4v) is 9.57. The van der Waals surface area contributed by atoms with E-state index in [2.05, 4.69) is 6.58 Å². The predicted molar refractivity (Wildman–Crippen MR) is 143 cm³/mol. The Morgan fingerprint density at radius 3 is 2.68 bits per heavy atom. The Morgan fingerprint density at radius 1 is 1.29 bits per heavy atom. The molecule has 1 spiro atoms. The van der Waals surface area contributed by atoms with E-state index in [1.807, 2.05) is 32.2 Å². The number of carbonyl (C=O) groups excluding carboxylic acids is 3. The maximum Gasteiger partial charge on any atom is 0.414 e. The van der Waals surface area contributed by atoms with Gasteiger partial charge in [0.15, 0.2) is 13.9 Å². The standard InChI is InChI=1S/C27H37N3O7Si/c1-5-10-30-21-9-8-18(29-12-13-36-26(29)34)14-20(21)27(25(30)33)17(2)24(38(3,4)35)22(37-27)15-23(32)28-11-6-7-19(28)16-31/h5,8-9,14,17,19,22,24,31,35H,1,6-7,10-13,15-16H2,2-4H3/t17-,19-,22+,24-,27+/m0/s1. The first kappa shape index (κ1) is 26.9. The first-order chi connectivity index (χ1) is 18.0. The topological polar surface area (TPSA) is 120 Å². The molecule has 11 heteroatoms. The van der Waals surface area contributed by atoms with E-state index in [4.69, 9.17) is 9.47 Å². The smallest absolute Gasteiger partial charge is 0.414 e. The SMILES string of the molecule is C=CCN1C(=O)[C@]2(O[C@H](CC(=O)N3CCC[C@H]3CO)[C@@H]([Si](C)(C)O)[C@@H]2C)c2cc(N3CCOC3=O)ccc21. The zero-order valence-electron chi connectivity index (χ0n) is 22.3. The molecule has 0 aliphatic carbocycles. The summed E-state index contributed by atoms with van der Waals surface area (Å²) in [6, 6.07) is 5.20. The molecule has 5 rings (SSSR count). The molecule has 3 saturated heterocycles. The maximum absolute atomic E-state index is 14.2. The summed E-state index contributed by atoms with van der Waals surface area (Å²) < 4.78 is 11.8. The zero-order valence-corrected chi connectivity index (χ0v) is 23.3. The lowest BCUT2D eigenvalue weighted by atomic mass is 9.82. The number of hydrogen-bond acceptors (Lipinski definition) is 7. The highest BCUT2D eigenvalue weighted by Gasteiger charge is 2.66. The third-order valence-corrected chi connectivity index (χ3v) is 11.1. The lowest BCUT2D eigenvalue weighted by Crippen LogP contribution is -2.46. The molecule has 0 radical (unpaired) electrons. The van der Waals surface area contributed by atoms with Gasteiger partial charge in [0.05, 0.1) is 37.4 Å². The largest absolute Gasteiger partial charge is 0.447 e. The fraction of sp³-hybridized carbons (Fsp3) is 0.593. The van der Waals surface area contributed by atoms with Gasteiger partial charge in [-0.05, 0) is 44.1 Å². The molecule has 4 heterocycles. The Morgan fingerprint density at radius 2 is 2.05 bits per heavy atom. The van der Waals surface area contributed by atoms with Crippen LogP contribution in [0, 0.1) is 5.92 Å². The minimum Gasteiger partial charge on any atom is -0.447 e. The summed E-state index contributed by atoms with van der Waals surface area (Å²) in [6.45, 7) is 10.8. The number of rotatable bonds is 7. The van der Waals surface area contributed by atoms with Crippen LogP contribution in [0.1, 0.15) is 31.7 Å². The van der Waals surface area contributed by atoms with Crippen LogP contribution in [0.15, 0.2) is 30.9 Å². The van der Waals surface area contributed by atoms with Crippen LogP contribution >= 0.6 is 0 Å². The summed E-state index contributed by atoms with van der Waals surface area (Å²) in [5.74, 6) is -0.823. The van der Waals surface area contributed by atoms with Crippen LogP contribution < -0.4 is 9.80 Å². The molecule has 3 amide bonds. The molecule has 0 saturated carbocycles. The summed E-state index contributed by atoms with van der Waals surface area (Å²) in [5, 5.41) is 9.74. The molecule has 1 aromatic rings. The lowest BCUT2D eigenvalue weighted by molar-refractivity contribution is -0.149. The highest BCUT2D eigenvalue weighted by atomic mass is 28.4. The predicted octanol–water partition coefficient (Wildman–Crippen LogP) is 2.35. The van der Waals surface area contributed by atoms with E-state index in [9.17, 15) is 24.3 Å². The normalized spacial score (nSPS) is 30.9. The van der Waals surface area contributed by atoms with E-state index in [1.54, 1.807) is 21.9 Å². The number of aliphatic hydroxyl groups excluding tert-OH is 1. The number of cyclic esters (lactones) is 1. The summed E-state index contributed by atoms with van der Waals surface area (Å²) >= 11 is 0. The fourth-order valence-electron chi connectivity index (χ4n) is 7.01. The van der Waals surface area contributed by atoms with Gasteiger partial charge in [-0.25, -0.2) is 4.79 Å². The number of carbonyl (C=O) groups is 3. The molecule has 0 bridgehead atoms. The van der Waals surface area contributed by atoms with Gasteiger partial charge in [0.2, 0.25) is 5.91 Å². The molecule has 0 aromatic heterocycles. The average Bonchev–Trinajstić information content (AvgIpc) is 3.62. The Bertz CT molecular complexity index is 1150. The molecule has 5 atom stereocenters. The first-order valence-electron chi connectivity index (χ1n) is 13.4. The van der Waals surface area contributed by atoms with Gasteiger partial charge in [0.25, 0.3) is 5.91 Å². The van der Waals surface area contributed by atoms with Crippen molar-refractivity contribution in [3.63, 3.8) is 0 Å². The summed E-state index contributed by atoms with van der Waals surface area (Å²) in [5.41, 5.74) is 0.0847. The third kappa shape index (κ3) is 4.07. The average molecular weight is 544 g/mol. The van der Waals surface area contributed by atoms with Crippen molar-refractivity contribution in [3.05, 3.63) is 36.4 Å². The monoisotopic (exact) mass is 543 g/mol. The molecular formula is C27H37N3O7Si. The van der Waals surface area contributed by atoms with Crippen LogP contribution in [0.25, 0.3) is 0 Å². The highest BCUT2D eigenvalue weighted by molar-refractivity contribution is 6.71. The van der Waals surface area contributed by atoms with Gasteiger partial charge in [-0.15, -0.1) is 6.58 Å². The van der Waals surface area contributed by atoms with Crippen molar-refractivity contribution in [2.75, 3.05) is 42.6 Å². The molecule has 38 heavy (non-hydrogen) atoms. The first-order valence-corrected chi connectivity index (χ1v) is 16.4. The number of nitrogens with zero attached hydrogens (tertiary/aromatic N) is 3. The summed E-state index contributed by atoms with van der Waals surface area (Å²) in [6.07, 6.45) is 2.13. The van der Waals surface area contributed by atoms with Crippen molar-refractivity contribution in [1.29, 1.82) is 0 Å². The van der Waals surface area contributed by atoms with Crippen molar-refractivity contribution in [1.82, 2.24) is 4.90 Å². The zero-order chi connectivity index (χ0) is 27.4. The molecular weight excluding hydrogens is 506 g/mol. The number of fused-ring (bicyclic) bond motifs is 2. The van der Waals surface area contributed by atoms with Crippen molar-refractivity contribution >= 4 is 37.6 Å². The van der Waals surface area contributed by atoms with E-state index < -0.39 is 37.6 Å². The van der Waals surface area contributed by atoms with E-state index >= 15 is 0 Å². The molecule has 10 nitrogen and oxygen atoms in total. The van der Waals surface area contributed by atoms with Crippen LogP contribution in [-0.4, -0.2) is 86.0 Å². The summed E-state index contributed by atoms with van der Waals surface area (Å²) in [4.78, 5) is 56.2. The Labute approximate surface area is 223 Å². The van der Waals surface area contributed by atoms with E-state index in [0.717, 1.165) is 12.8 Å². The molecule has 0 unspecified atom stereocenters. The van der Waals surface area contributed by atoms with Gasteiger partial charge in [0, 0.05) is 35.8 Å². The third-order valence-electron chi connectivity index (χ3n) is 8.64. The van der Waals surface area contributed by atoms with E-state index in [-0.39, 0.29) is 44.0 Å². The van der Waals surface area contributed by atoms with Crippen LogP contribution in [0.5, 0.6) is 0 Å². The van der Waals surface area contributed by atoms with Gasteiger partial charge < -0.3 is 29.2 Å². The lowest BCUT2D eigenvalue weighted by Gasteiger charge is -2.33. The van der Waals surface area contributed by atoms with Crippen molar-refractivity contribution in [2.45, 2.75) is 62.6 Å². The van der Waals surface area contributed by atoms with Crippen molar-refractivity contribution in [2.24, 2.45) is 5.92 Å². The minimum atomic E-state index is -2.94. The van der Waals surface area contributed by atoms with Crippen molar-refractivity contribution in [3.8, 4) is 0 Å². The number of ether oxygens (including phenoxy) is 2. The number of hydrogen-bond donors (Lipinski definition) is 2. The minimum absolute atomic E-state index is 0.0203. The number of likely N-dealkylation sites (tertiary alicyclic amines) is 1. The quantitative estimate of drug-likeness (QED) is 0.400. The van der Waals surface area contributed by atoms with E-state index in [0.29, 0.717) is 30.0 Å². The second kappa shape index (κ2) is 9.78. The number of aliphatic hydroxyl groups is 1. The van der Waals surface area contributed by atoms with Gasteiger partial charge in [0.1, 0.15) is 6.61 Å². The molecule has 206 valence electrons. The second-order valence-electron chi connectivity index (χ2n) is 11.3. The van der Waals surface area contributed by atoms with Crippen LogP contribution in [0.3, 0.4) is 0 Å². The van der Waals surface area contributed by atoms with Crippen LogP contribution in [0.4, 0.5) is 16.2 Å². The number of benzene rings is 1. The van der Waals surface area contributed by atoms with Crippen LogP contribution in [0.2, 0.25) is 18.6 Å². The molecule has 2 N–H and O–H groups in total. The van der Waals surface area contributed by atoms with Crippen molar-refractivity contribution < 1.29 is 33.8 Å². The van der Waals surface area contributed by atoms with Gasteiger partial charge in [-0.2, -0.15) is 0 Å². The molecule has 4 aliphatic heterocycles. The van der Waals surface area contributed by atoms with Crippen LogP contribution in [-0.2, 0) is 24.7 Å². The Balaban J connectivity index is 1.57. The number of anilines is 2. The molecule has 3 fully saturated rings. The Kier molecular flexibility index (Phi) is 6.91. The Hall–Kier alpha value is -2.73. The molecule has 1 aromatic carbocycles. The van der Waals surface area contributed by atoms with Gasteiger partial charge in [-0.1, -0.05) is 13.0 Å². The highest BCUT2D eigenvalue weighted by Crippen LogP contribution is 2.60. The summed E-state index contributed by atoms with van der Waals surface area (Å²) in [7, 11) is -2.94. The van der Waals surface area contributed by atoms with E-state index in [1.165, 1.54) is 4.90 Å². The van der Waals surface area contributed by atoms with Gasteiger partial charge in [-0.3, -0.25) is 14.5 Å². The second-order valence-corrected chi connectivity index (χ2v) is 15.3. The molecule has 4 aliphatic rings. The number of amides is 3. The van der Waals surface area contributed by atoms with Gasteiger partial charge >= 0.3 is 6.09 Å². The maximum atomic E-state index is 14.2.